The number of nitrogens with zero attached hydrogens (tertiary/aromatic N) is 1. The minimum atomic E-state index is -0.446. The van der Waals surface area contributed by atoms with E-state index in [1.54, 1.807) is 23.1 Å². The average Bonchev–Trinajstić information content (AvgIpc) is 2.64. The zero-order chi connectivity index (χ0) is 17.6. The molecule has 25 heavy (non-hydrogen) atoms. The van der Waals surface area contributed by atoms with Crippen molar-refractivity contribution in [2.45, 2.75) is 51.0 Å². The average molecular weight is 347 g/mol. The summed E-state index contributed by atoms with van der Waals surface area (Å²) in [6.45, 7) is 1.06. The Kier molecular flexibility index (Phi) is 5.89. The van der Waals surface area contributed by atoms with Crippen LogP contribution in [-0.4, -0.2) is 36.0 Å². The predicted octanol–water partition coefficient (Wildman–Crippen LogP) is 3.52. The van der Waals surface area contributed by atoms with Gasteiger partial charge in [0.2, 0.25) is 5.91 Å². The Hall–Kier alpha value is -2.11. The van der Waals surface area contributed by atoms with Crippen molar-refractivity contribution in [1.82, 2.24) is 10.2 Å². The first-order valence-corrected chi connectivity index (χ1v) is 9.24. The molecular weight excluding hydrogens is 321 g/mol. The minimum Gasteiger partial charge on any atom is -0.335 e. The molecule has 5 nitrogen and oxygen atoms in total. The maximum Gasteiger partial charge on any atom is 0.317 e. The van der Waals surface area contributed by atoms with Crippen LogP contribution in [-0.2, 0) is 4.79 Å². The van der Waals surface area contributed by atoms with Gasteiger partial charge in [0.25, 0.3) is 0 Å². The number of likely N-dealkylation sites (tertiary alicyclic amines) is 1. The van der Waals surface area contributed by atoms with E-state index in [1.165, 1.54) is 25.3 Å². The molecule has 0 spiro atoms. The topological polar surface area (TPSA) is 61.4 Å². The van der Waals surface area contributed by atoms with Gasteiger partial charge in [0.05, 0.1) is 11.6 Å². The fourth-order valence-electron chi connectivity index (χ4n) is 3.69. The lowest BCUT2D eigenvalue weighted by molar-refractivity contribution is -0.121. The van der Waals surface area contributed by atoms with Crippen LogP contribution in [0.2, 0.25) is 0 Å². The predicted molar refractivity (Wildman–Crippen MR) is 94.7 cm³/mol. The number of hydrogen-bond donors (Lipinski definition) is 2. The second-order valence-electron chi connectivity index (χ2n) is 7.04. The molecule has 1 atom stereocenters. The summed E-state index contributed by atoms with van der Waals surface area (Å²) in [5.41, 5.74) is 0.191. The van der Waals surface area contributed by atoms with Crippen LogP contribution in [0.1, 0.15) is 44.9 Å². The Balaban J connectivity index is 1.54. The van der Waals surface area contributed by atoms with E-state index < -0.39 is 5.82 Å². The maximum atomic E-state index is 13.7. The minimum absolute atomic E-state index is 0.0738. The molecule has 1 aliphatic carbocycles. The number of benzene rings is 1. The van der Waals surface area contributed by atoms with E-state index in [9.17, 15) is 14.0 Å². The SMILES string of the molecule is O=C(Nc1ccccc1F)C1CCCN(C(=O)NC2CCCCC2)C1. The molecule has 2 N–H and O–H groups in total. The van der Waals surface area contributed by atoms with Gasteiger partial charge in [-0.05, 0) is 37.8 Å². The molecule has 2 aliphatic rings. The van der Waals surface area contributed by atoms with E-state index in [-0.39, 0.29) is 29.6 Å². The molecule has 2 fully saturated rings. The molecule has 0 bridgehead atoms. The zero-order valence-corrected chi connectivity index (χ0v) is 14.5. The Morgan fingerprint density at radius 1 is 1.04 bits per heavy atom. The number of carbonyl (C=O) groups excluding carboxylic acids is 2. The summed E-state index contributed by atoms with van der Waals surface area (Å²) in [6.07, 6.45) is 7.15. The summed E-state index contributed by atoms with van der Waals surface area (Å²) in [5.74, 6) is -0.968. The molecule has 6 heteroatoms. The molecule has 3 rings (SSSR count). The van der Waals surface area contributed by atoms with Gasteiger partial charge in [-0.1, -0.05) is 31.4 Å². The van der Waals surface area contributed by atoms with Crippen molar-refractivity contribution in [1.29, 1.82) is 0 Å². The Bertz CT molecular complexity index is 616. The highest BCUT2D eigenvalue weighted by Crippen LogP contribution is 2.21. The summed E-state index contributed by atoms with van der Waals surface area (Å²) in [5, 5.41) is 5.75. The van der Waals surface area contributed by atoms with Crippen LogP contribution in [0, 0.1) is 11.7 Å². The fourth-order valence-corrected chi connectivity index (χ4v) is 3.69. The number of carbonyl (C=O) groups is 2. The Morgan fingerprint density at radius 2 is 1.80 bits per heavy atom. The Labute approximate surface area is 148 Å². The van der Waals surface area contributed by atoms with Crippen molar-refractivity contribution in [3.05, 3.63) is 30.1 Å². The molecule has 0 radical (unpaired) electrons. The Morgan fingerprint density at radius 3 is 2.56 bits per heavy atom. The second kappa shape index (κ2) is 8.32. The van der Waals surface area contributed by atoms with E-state index in [0.717, 1.165) is 19.3 Å². The van der Waals surface area contributed by atoms with E-state index in [0.29, 0.717) is 19.5 Å². The third-order valence-electron chi connectivity index (χ3n) is 5.14. The zero-order valence-electron chi connectivity index (χ0n) is 14.5. The highest BCUT2D eigenvalue weighted by Gasteiger charge is 2.29. The van der Waals surface area contributed by atoms with Crippen LogP contribution in [0.3, 0.4) is 0 Å². The number of anilines is 1. The van der Waals surface area contributed by atoms with E-state index in [1.807, 2.05) is 0 Å². The van der Waals surface area contributed by atoms with Gasteiger partial charge in [0.15, 0.2) is 0 Å². The summed E-state index contributed by atoms with van der Waals surface area (Å²) < 4.78 is 13.7. The molecular formula is C19H26FN3O2. The highest BCUT2D eigenvalue weighted by molar-refractivity contribution is 5.93. The second-order valence-corrected chi connectivity index (χ2v) is 7.04. The van der Waals surface area contributed by atoms with Crippen molar-refractivity contribution >= 4 is 17.6 Å². The van der Waals surface area contributed by atoms with Gasteiger partial charge in [-0.15, -0.1) is 0 Å². The molecule has 1 aromatic carbocycles. The standard InChI is InChI=1S/C19H26FN3O2/c20-16-10-4-5-11-17(16)22-18(24)14-7-6-12-23(13-14)19(25)21-15-8-2-1-3-9-15/h4-5,10-11,14-15H,1-3,6-9,12-13H2,(H,21,25)(H,22,24). The molecule has 1 aromatic rings. The number of para-hydroxylation sites is 1. The van der Waals surface area contributed by atoms with Gasteiger partial charge in [-0.3, -0.25) is 4.79 Å². The number of hydrogen-bond acceptors (Lipinski definition) is 2. The largest absolute Gasteiger partial charge is 0.335 e. The van der Waals surface area contributed by atoms with Crippen molar-refractivity contribution in [3.63, 3.8) is 0 Å². The number of halogens is 1. The molecule has 1 saturated heterocycles. The number of rotatable bonds is 3. The lowest BCUT2D eigenvalue weighted by Gasteiger charge is -2.34. The molecule has 1 aliphatic heterocycles. The molecule has 3 amide bonds. The lowest BCUT2D eigenvalue weighted by atomic mass is 9.95. The van der Waals surface area contributed by atoms with Crippen LogP contribution < -0.4 is 10.6 Å². The molecule has 1 unspecified atom stereocenters. The normalized spacial score (nSPS) is 21.6. The van der Waals surface area contributed by atoms with E-state index >= 15 is 0 Å². The third-order valence-corrected chi connectivity index (χ3v) is 5.14. The number of piperidine rings is 1. The molecule has 1 saturated carbocycles. The summed E-state index contributed by atoms with van der Waals surface area (Å²) in [4.78, 5) is 26.6. The van der Waals surface area contributed by atoms with Gasteiger partial charge in [0, 0.05) is 19.1 Å². The van der Waals surface area contributed by atoms with Gasteiger partial charge < -0.3 is 15.5 Å². The van der Waals surface area contributed by atoms with Crippen molar-refractivity contribution < 1.29 is 14.0 Å². The van der Waals surface area contributed by atoms with Gasteiger partial charge in [-0.2, -0.15) is 0 Å². The van der Waals surface area contributed by atoms with Crippen LogP contribution in [0.15, 0.2) is 24.3 Å². The monoisotopic (exact) mass is 347 g/mol. The van der Waals surface area contributed by atoms with Gasteiger partial charge in [-0.25, -0.2) is 9.18 Å². The van der Waals surface area contributed by atoms with E-state index in [4.69, 9.17) is 0 Å². The van der Waals surface area contributed by atoms with Crippen molar-refractivity contribution in [2.24, 2.45) is 5.92 Å². The lowest BCUT2D eigenvalue weighted by Crippen LogP contribution is -2.50. The highest BCUT2D eigenvalue weighted by atomic mass is 19.1. The van der Waals surface area contributed by atoms with E-state index in [2.05, 4.69) is 10.6 Å². The first-order valence-electron chi connectivity index (χ1n) is 9.24. The number of urea groups is 1. The van der Waals surface area contributed by atoms with Crippen LogP contribution in [0.5, 0.6) is 0 Å². The van der Waals surface area contributed by atoms with Crippen LogP contribution in [0.25, 0.3) is 0 Å². The molecule has 1 heterocycles. The number of amides is 3. The summed E-state index contributed by atoms with van der Waals surface area (Å²) >= 11 is 0. The maximum absolute atomic E-state index is 13.7. The third kappa shape index (κ3) is 4.71. The van der Waals surface area contributed by atoms with Gasteiger partial charge in [0.1, 0.15) is 5.82 Å². The smallest absolute Gasteiger partial charge is 0.317 e. The molecule has 136 valence electrons. The molecule has 0 aromatic heterocycles. The summed E-state index contributed by atoms with van der Waals surface area (Å²) in [6, 6.07) is 6.32. The summed E-state index contributed by atoms with van der Waals surface area (Å²) in [7, 11) is 0. The van der Waals surface area contributed by atoms with Gasteiger partial charge >= 0.3 is 6.03 Å². The first kappa shape index (κ1) is 17.7. The van der Waals surface area contributed by atoms with Crippen molar-refractivity contribution in [3.8, 4) is 0 Å². The van der Waals surface area contributed by atoms with Crippen LogP contribution >= 0.6 is 0 Å². The van der Waals surface area contributed by atoms with Crippen molar-refractivity contribution in [2.75, 3.05) is 18.4 Å². The van der Waals surface area contributed by atoms with Crippen LogP contribution in [0.4, 0.5) is 14.9 Å². The number of nitrogens with one attached hydrogen (secondary N) is 2. The quantitative estimate of drug-likeness (QED) is 0.879. The first-order chi connectivity index (χ1) is 12.1. The fraction of sp³-hybridized carbons (Fsp3) is 0.579.